The molecule has 8 heteroatoms. The molecule has 2 fully saturated rings. The van der Waals surface area contributed by atoms with Crippen LogP contribution in [0.3, 0.4) is 0 Å². The van der Waals surface area contributed by atoms with Gasteiger partial charge in [0.1, 0.15) is 11.8 Å². The van der Waals surface area contributed by atoms with Crippen molar-refractivity contribution in [2.24, 2.45) is 11.8 Å². The molecule has 2 aliphatic heterocycles. The lowest BCUT2D eigenvalue weighted by Gasteiger charge is -2.21. The maximum absolute atomic E-state index is 12.8. The molecule has 1 N–H and O–H groups in total. The Bertz CT molecular complexity index is 977. The van der Waals surface area contributed by atoms with Gasteiger partial charge in [-0.3, -0.25) is 14.5 Å². The number of anilines is 1. The number of likely N-dealkylation sites (tertiary alicyclic amines) is 1. The number of imidazole rings is 1. The number of amides is 2. The molecule has 2 aliphatic rings. The summed E-state index contributed by atoms with van der Waals surface area (Å²) in [4.78, 5) is 44.6. The van der Waals surface area contributed by atoms with E-state index >= 15 is 0 Å². The zero-order chi connectivity index (χ0) is 17.7. The van der Waals surface area contributed by atoms with Crippen LogP contribution in [-0.2, 0) is 16.1 Å². The first-order valence-corrected chi connectivity index (χ1v) is 8.50. The number of aromatic amines is 1. The number of nitrogens with one attached hydrogen (secondary N) is 1. The van der Waals surface area contributed by atoms with E-state index in [2.05, 4.69) is 19.9 Å². The summed E-state index contributed by atoms with van der Waals surface area (Å²) in [7, 11) is 0. The standard InChI is InChI=1S/C18H16N6O2/c25-17-12-7-23(16-14-15(20-9-19-14)21-10-22-16)8-13(12)18(26)24(17)6-11-4-2-1-3-5-11/h1-5,9-10,12-13H,6-8H2,(H,19,20,21,22)/t12-,13+. The van der Waals surface area contributed by atoms with E-state index in [0.29, 0.717) is 31.1 Å². The molecule has 1 aromatic carbocycles. The van der Waals surface area contributed by atoms with Gasteiger partial charge >= 0.3 is 0 Å². The predicted molar refractivity (Wildman–Crippen MR) is 92.9 cm³/mol. The number of fused-ring (bicyclic) bond motifs is 2. The number of carbonyl (C=O) groups excluding carboxylic acids is 2. The van der Waals surface area contributed by atoms with Crippen LogP contribution >= 0.6 is 0 Å². The zero-order valence-corrected chi connectivity index (χ0v) is 13.9. The number of carbonyl (C=O) groups is 2. The van der Waals surface area contributed by atoms with E-state index in [0.717, 1.165) is 11.1 Å². The first-order valence-electron chi connectivity index (χ1n) is 8.50. The molecule has 2 atom stereocenters. The topological polar surface area (TPSA) is 95.1 Å². The number of nitrogens with zero attached hydrogens (tertiary/aromatic N) is 5. The number of hydrogen-bond donors (Lipinski definition) is 1. The summed E-state index contributed by atoms with van der Waals surface area (Å²) in [5.41, 5.74) is 2.27. The Hall–Kier alpha value is -3.29. The van der Waals surface area contributed by atoms with Gasteiger partial charge in [0, 0.05) is 13.1 Å². The van der Waals surface area contributed by atoms with E-state index in [9.17, 15) is 9.59 Å². The second kappa shape index (κ2) is 5.62. The van der Waals surface area contributed by atoms with Crippen LogP contribution in [0.25, 0.3) is 11.2 Å². The minimum absolute atomic E-state index is 0.0961. The minimum atomic E-state index is -0.320. The van der Waals surface area contributed by atoms with Gasteiger partial charge in [-0.1, -0.05) is 30.3 Å². The van der Waals surface area contributed by atoms with Crippen molar-refractivity contribution in [1.82, 2.24) is 24.8 Å². The van der Waals surface area contributed by atoms with E-state index in [4.69, 9.17) is 0 Å². The second-order valence-corrected chi connectivity index (χ2v) is 6.66. The van der Waals surface area contributed by atoms with Crippen LogP contribution in [0, 0.1) is 11.8 Å². The number of benzene rings is 1. The third kappa shape index (κ3) is 2.18. The Labute approximate surface area is 148 Å². The molecule has 3 aromatic rings. The molecule has 0 unspecified atom stereocenters. The Kier molecular flexibility index (Phi) is 3.24. The van der Waals surface area contributed by atoms with E-state index in [1.54, 1.807) is 6.33 Å². The first-order chi connectivity index (χ1) is 12.7. The van der Waals surface area contributed by atoms with E-state index < -0.39 is 0 Å². The molecule has 0 saturated carbocycles. The van der Waals surface area contributed by atoms with Crippen LogP contribution in [0.1, 0.15) is 5.56 Å². The van der Waals surface area contributed by atoms with E-state index in [-0.39, 0.29) is 23.7 Å². The Morgan fingerprint density at radius 1 is 1.00 bits per heavy atom. The Morgan fingerprint density at radius 2 is 1.73 bits per heavy atom. The van der Waals surface area contributed by atoms with Gasteiger partial charge in [-0.2, -0.15) is 0 Å². The normalized spacial score (nSPS) is 22.5. The van der Waals surface area contributed by atoms with Crippen molar-refractivity contribution in [2.45, 2.75) is 6.54 Å². The van der Waals surface area contributed by atoms with Crippen LogP contribution < -0.4 is 4.90 Å². The minimum Gasteiger partial charge on any atom is -0.353 e. The van der Waals surface area contributed by atoms with Gasteiger partial charge in [-0.15, -0.1) is 0 Å². The number of hydrogen-bond acceptors (Lipinski definition) is 6. The molecule has 26 heavy (non-hydrogen) atoms. The van der Waals surface area contributed by atoms with Crippen molar-refractivity contribution in [3.8, 4) is 0 Å². The number of rotatable bonds is 3. The highest BCUT2D eigenvalue weighted by atomic mass is 16.2. The van der Waals surface area contributed by atoms with E-state index in [1.165, 1.54) is 11.2 Å². The predicted octanol–water partition coefficient (Wildman–Crippen LogP) is 0.974. The van der Waals surface area contributed by atoms with Crippen molar-refractivity contribution in [3.05, 3.63) is 48.5 Å². The zero-order valence-electron chi connectivity index (χ0n) is 13.9. The molecule has 5 rings (SSSR count). The van der Waals surface area contributed by atoms with Gasteiger partial charge < -0.3 is 9.88 Å². The SMILES string of the molecule is O=C1[C@H]2CN(c3ncnc4nc[nH]c34)C[C@H]2C(=O)N1Cc1ccccc1. The fourth-order valence-corrected chi connectivity index (χ4v) is 3.90. The number of H-pyrrole nitrogens is 1. The third-order valence-electron chi connectivity index (χ3n) is 5.17. The van der Waals surface area contributed by atoms with Crippen molar-refractivity contribution in [3.63, 3.8) is 0 Å². The molecule has 2 saturated heterocycles. The van der Waals surface area contributed by atoms with Crippen molar-refractivity contribution in [1.29, 1.82) is 0 Å². The molecule has 0 radical (unpaired) electrons. The van der Waals surface area contributed by atoms with Crippen LogP contribution in [0.5, 0.6) is 0 Å². The lowest BCUT2D eigenvalue weighted by atomic mass is 10.00. The molecular weight excluding hydrogens is 332 g/mol. The average Bonchev–Trinajstić information content (AvgIpc) is 3.36. The van der Waals surface area contributed by atoms with Gasteiger partial charge in [0.05, 0.1) is 24.7 Å². The summed E-state index contributed by atoms with van der Waals surface area (Å²) in [6.45, 7) is 1.29. The van der Waals surface area contributed by atoms with Crippen LogP contribution in [-0.4, -0.2) is 49.7 Å². The second-order valence-electron chi connectivity index (χ2n) is 6.66. The van der Waals surface area contributed by atoms with Gasteiger partial charge in [0.15, 0.2) is 11.5 Å². The number of aromatic nitrogens is 4. The maximum atomic E-state index is 12.8. The summed E-state index contributed by atoms with van der Waals surface area (Å²) in [5, 5.41) is 0. The quantitative estimate of drug-likeness (QED) is 0.709. The van der Waals surface area contributed by atoms with E-state index in [1.807, 2.05) is 35.2 Å². The fraction of sp³-hybridized carbons (Fsp3) is 0.278. The molecule has 0 spiro atoms. The molecule has 0 aliphatic carbocycles. The highest BCUT2D eigenvalue weighted by molar-refractivity contribution is 6.06. The smallest absolute Gasteiger partial charge is 0.235 e. The van der Waals surface area contributed by atoms with Crippen LogP contribution in [0.4, 0.5) is 5.82 Å². The molecule has 0 bridgehead atoms. The van der Waals surface area contributed by atoms with Crippen molar-refractivity contribution in [2.75, 3.05) is 18.0 Å². The molecule has 2 aromatic heterocycles. The van der Waals surface area contributed by atoms with Crippen molar-refractivity contribution >= 4 is 28.8 Å². The highest BCUT2D eigenvalue weighted by Crippen LogP contribution is 2.37. The first kappa shape index (κ1) is 15.0. The molecule has 2 amide bonds. The molecular formula is C18H16N6O2. The van der Waals surface area contributed by atoms with Crippen molar-refractivity contribution < 1.29 is 9.59 Å². The van der Waals surface area contributed by atoms with Gasteiger partial charge in [-0.25, -0.2) is 15.0 Å². The summed E-state index contributed by atoms with van der Waals surface area (Å²) < 4.78 is 0. The Balaban J connectivity index is 1.39. The highest BCUT2D eigenvalue weighted by Gasteiger charge is 2.52. The number of imide groups is 1. The maximum Gasteiger partial charge on any atom is 0.235 e. The lowest BCUT2D eigenvalue weighted by Crippen LogP contribution is -2.36. The summed E-state index contributed by atoms with van der Waals surface area (Å²) in [6, 6.07) is 9.59. The molecule has 4 heterocycles. The summed E-state index contributed by atoms with van der Waals surface area (Å²) >= 11 is 0. The van der Waals surface area contributed by atoms with Gasteiger partial charge in [-0.05, 0) is 5.56 Å². The molecule has 130 valence electrons. The summed E-state index contributed by atoms with van der Waals surface area (Å²) in [6.07, 6.45) is 3.02. The molecule has 8 nitrogen and oxygen atoms in total. The Morgan fingerprint density at radius 3 is 2.46 bits per heavy atom. The fourth-order valence-electron chi connectivity index (χ4n) is 3.90. The summed E-state index contributed by atoms with van der Waals surface area (Å²) in [5.74, 6) is -0.141. The van der Waals surface area contributed by atoms with Gasteiger partial charge in [0.2, 0.25) is 11.8 Å². The van der Waals surface area contributed by atoms with Gasteiger partial charge in [0.25, 0.3) is 0 Å². The largest absolute Gasteiger partial charge is 0.353 e. The average molecular weight is 348 g/mol. The van der Waals surface area contributed by atoms with Crippen LogP contribution in [0.2, 0.25) is 0 Å². The monoisotopic (exact) mass is 348 g/mol. The van der Waals surface area contributed by atoms with Crippen LogP contribution in [0.15, 0.2) is 43.0 Å². The third-order valence-corrected chi connectivity index (χ3v) is 5.17. The lowest BCUT2D eigenvalue weighted by molar-refractivity contribution is -0.140.